The largest absolute Gasteiger partial charge is 0.497 e. The Morgan fingerprint density at radius 1 is 1.43 bits per heavy atom. The molecule has 4 heteroatoms. The van der Waals surface area contributed by atoms with E-state index in [-0.39, 0.29) is 11.6 Å². The van der Waals surface area contributed by atoms with Crippen molar-refractivity contribution in [3.8, 4) is 0 Å². The number of ketones is 1. The molecule has 1 aromatic carbocycles. The minimum Gasteiger partial charge on any atom is -0.497 e. The number of carbonyl (C=O) groups is 1. The summed E-state index contributed by atoms with van der Waals surface area (Å²) in [6, 6.07) is 7.20. The van der Waals surface area contributed by atoms with Crippen molar-refractivity contribution in [3.05, 3.63) is 40.4 Å². The smallest absolute Gasteiger partial charge is 0.412 e. The molecule has 0 aromatic heterocycles. The lowest BCUT2D eigenvalue weighted by Crippen LogP contribution is -2.24. The van der Waals surface area contributed by atoms with Crippen LogP contribution < -0.4 is 10.6 Å². The van der Waals surface area contributed by atoms with Crippen molar-refractivity contribution in [2.45, 2.75) is 6.92 Å². The summed E-state index contributed by atoms with van der Waals surface area (Å²) >= 11 is 0. The molecule has 1 aliphatic rings. The Bertz CT molecular complexity index is 580. The van der Waals surface area contributed by atoms with Gasteiger partial charge in [-0.3, -0.25) is 4.79 Å². The van der Waals surface area contributed by atoms with Gasteiger partial charge in [0.05, 0.1) is 0 Å². The van der Waals surface area contributed by atoms with Gasteiger partial charge in [0.2, 0.25) is 0 Å². The van der Waals surface area contributed by atoms with Gasteiger partial charge in [0.15, 0.2) is 11.1 Å². The quantitative estimate of drug-likeness (QED) is 0.437. The second-order valence-electron chi connectivity index (χ2n) is 2.98. The molecule has 0 unspecified atom stereocenters. The van der Waals surface area contributed by atoms with Crippen molar-refractivity contribution < 1.29 is 9.58 Å². The SMILES string of the molecule is CC(=O)C1=c2ccccc2=NC1=[N+]=[N-]. The number of hydrogen-bond acceptors (Lipinski definition) is 1. The molecule has 4 nitrogen and oxygen atoms in total. The average molecular weight is 185 g/mol. The van der Waals surface area contributed by atoms with E-state index in [2.05, 4.69) is 9.78 Å². The Morgan fingerprint density at radius 3 is 2.79 bits per heavy atom. The van der Waals surface area contributed by atoms with Gasteiger partial charge in [0.25, 0.3) is 0 Å². The van der Waals surface area contributed by atoms with Crippen LogP contribution in [0.4, 0.5) is 0 Å². The summed E-state index contributed by atoms with van der Waals surface area (Å²) in [7, 11) is 0. The minimum absolute atomic E-state index is 0.0960. The number of para-hydroxylation sites is 1. The molecule has 0 radical (unpaired) electrons. The first-order valence-electron chi connectivity index (χ1n) is 4.15. The number of nitrogens with zero attached hydrogens (tertiary/aromatic N) is 3. The fraction of sp³-hybridized carbons (Fsp3) is 0.100. The highest BCUT2D eigenvalue weighted by Gasteiger charge is 2.26. The molecular formula is C10H7N3O. The zero-order chi connectivity index (χ0) is 10.1. The van der Waals surface area contributed by atoms with Crippen LogP contribution in [0.1, 0.15) is 6.92 Å². The van der Waals surface area contributed by atoms with Gasteiger partial charge < -0.3 is 10.3 Å². The molecule has 2 rings (SSSR count). The van der Waals surface area contributed by atoms with Gasteiger partial charge in [-0.1, -0.05) is 12.1 Å². The van der Waals surface area contributed by atoms with Gasteiger partial charge >= 0.3 is 5.84 Å². The average Bonchev–Trinajstić information content (AvgIpc) is 2.55. The summed E-state index contributed by atoms with van der Waals surface area (Å²) in [5.41, 5.74) is 9.06. The fourth-order valence-corrected chi connectivity index (χ4v) is 1.49. The summed E-state index contributed by atoms with van der Waals surface area (Å²) in [4.78, 5) is 18.3. The molecular weight excluding hydrogens is 178 g/mol. The zero-order valence-corrected chi connectivity index (χ0v) is 7.56. The number of amidine groups is 1. The number of benzene rings is 1. The molecule has 0 fully saturated rings. The summed E-state index contributed by atoms with van der Waals surface area (Å²) in [6.07, 6.45) is 0. The van der Waals surface area contributed by atoms with Crippen LogP contribution in [0.15, 0.2) is 29.3 Å². The molecule has 0 saturated heterocycles. The van der Waals surface area contributed by atoms with E-state index in [4.69, 9.17) is 5.53 Å². The molecule has 1 aliphatic heterocycles. The van der Waals surface area contributed by atoms with Crippen LogP contribution in [0, 0.1) is 0 Å². The Kier molecular flexibility index (Phi) is 1.84. The summed E-state index contributed by atoms with van der Waals surface area (Å²) in [5, 5.41) is 1.40. The van der Waals surface area contributed by atoms with Gasteiger partial charge in [-0.2, -0.15) is 0 Å². The first kappa shape index (κ1) is 8.53. The summed E-state index contributed by atoms with van der Waals surface area (Å²) in [5.74, 6) is -0.0507. The van der Waals surface area contributed by atoms with E-state index in [1.54, 1.807) is 12.1 Å². The van der Waals surface area contributed by atoms with Crippen LogP contribution in [0.25, 0.3) is 11.1 Å². The molecule has 0 amide bonds. The highest BCUT2D eigenvalue weighted by molar-refractivity contribution is 6.41. The van der Waals surface area contributed by atoms with Crippen LogP contribution in [-0.2, 0) is 4.79 Å². The predicted octanol–water partition coefficient (Wildman–Crippen LogP) is -0.312. The van der Waals surface area contributed by atoms with Crippen LogP contribution >= 0.6 is 0 Å². The van der Waals surface area contributed by atoms with Crippen molar-refractivity contribution in [2.75, 3.05) is 0 Å². The topological polar surface area (TPSA) is 65.8 Å². The van der Waals surface area contributed by atoms with E-state index in [0.29, 0.717) is 10.9 Å². The Balaban J connectivity index is 2.97. The molecule has 0 bridgehead atoms. The summed E-state index contributed by atoms with van der Waals surface area (Å²) in [6.45, 7) is 1.43. The third-order valence-corrected chi connectivity index (χ3v) is 2.07. The van der Waals surface area contributed by atoms with E-state index in [1.165, 1.54) is 6.92 Å². The van der Waals surface area contributed by atoms with Crippen LogP contribution in [0.5, 0.6) is 0 Å². The van der Waals surface area contributed by atoms with E-state index < -0.39 is 0 Å². The maximum atomic E-state index is 11.3. The van der Waals surface area contributed by atoms with E-state index >= 15 is 0 Å². The predicted molar refractivity (Wildman–Crippen MR) is 49.9 cm³/mol. The first-order valence-corrected chi connectivity index (χ1v) is 4.15. The molecule has 0 N–H and O–H groups in total. The number of hydrogen-bond donors (Lipinski definition) is 0. The third-order valence-electron chi connectivity index (χ3n) is 2.07. The van der Waals surface area contributed by atoms with Crippen molar-refractivity contribution >= 4 is 17.2 Å². The number of Topliss-reactive ketones (excluding diaryl/α,β-unsaturated/α-hetero) is 1. The van der Waals surface area contributed by atoms with Gasteiger partial charge in [-0.05, 0) is 24.0 Å². The second kappa shape index (κ2) is 3.01. The van der Waals surface area contributed by atoms with Gasteiger partial charge in [0, 0.05) is 5.22 Å². The third kappa shape index (κ3) is 1.09. The zero-order valence-electron chi connectivity index (χ0n) is 7.56. The second-order valence-corrected chi connectivity index (χ2v) is 2.98. The molecule has 1 aromatic rings. The monoisotopic (exact) mass is 185 g/mol. The minimum atomic E-state index is -0.147. The van der Waals surface area contributed by atoms with E-state index in [1.807, 2.05) is 12.1 Å². The van der Waals surface area contributed by atoms with Gasteiger partial charge in [0.1, 0.15) is 5.57 Å². The lowest BCUT2D eigenvalue weighted by molar-refractivity contribution is -0.111. The molecule has 0 saturated carbocycles. The van der Waals surface area contributed by atoms with E-state index in [0.717, 1.165) is 5.22 Å². The normalized spacial score (nSPS) is 13.2. The maximum Gasteiger partial charge on any atom is 0.412 e. The molecule has 0 atom stereocenters. The molecule has 14 heavy (non-hydrogen) atoms. The van der Waals surface area contributed by atoms with Crippen molar-refractivity contribution in [1.29, 1.82) is 0 Å². The lowest BCUT2D eigenvalue weighted by Gasteiger charge is -1.86. The van der Waals surface area contributed by atoms with Crippen LogP contribution in [0.2, 0.25) is 0 Å². The Labute approximate surface area is 79.8 Å². The summed E-state index contributed by atoms with van der Waals surface area (Å²) < 4.78 is 0. The van der Waals surface area contributed by atoms with Crippen LogP contribution in [-0.4, -0.2) is 16.4 Å². The van der Waals surface area contributed by atoms with Crippen molar-refractivity contribution in [1.82, 2.24) is 0 Å². The Hall–Kier alpha value is -2.06. The van der Waals surface area contributed by atoms with Gasteiger partial charge in [-0.25, -0.2) is 0 Å². The van der Waals surface area contributed by atoms with Crippen LogP contribution in [0.3, 0.4) is 0 Å². The molecule has 0 spiro atoms. The Morgan fingerprint density at radius 2 is 2.14 bits per heavy atom. The number of rotatable bonds is 1. The fourth-order valence-electron chi connectivity index (χ4n) is 1.49. The van der Waals surface area contributed by atoms with Crippen molar-refractivity contribution in [2.24, 2.45) is 4.99 Å². The van der Waals surface area contributed by atoms with E-state index in [9.17, 15) is 4.79 Å². The number of fused-ring (bicyclic) bond motifs is 1. The highest BCUT2D eigenvalue weighted by atomic mass is 16.1. The van der Waals surface area contributed by atoms with Gasteiger partial charge in [-0.15, -0.1) is 0 Å². The number of carbonyl (C=O) groups excluding carboxylic acids is 1. The highest BCUT2D eigenvalue weighted by Crippen LogP contribution is 2.00. The first-order chi connectivity index (χ1) is 6.74. The maximum absolute atomic E-state index is 11.3. The molecule has 1 heterocycles. The standard InChI is InChI=1S/C10H7N3O/c1-6(14)9-7-4-2-3-5-8(7)12-10(9)13-11/h2-5H,1H3. The van der Waals surface area contributed by atoms with Crippen molar-refractivity contribution in [3.63, 3.8) is 0 Å². The lowest BCUT2D eigenvalue weighted by atomic mass is 10.1. The molecule has 0 aliphatic carbocycles. The molecule has 68 valence electrons.